The summed E-state index contributed by atoms with van der Waals surface area (Å²) in [5.41, 5.74) is 3.62. The molecule has 2 aromatic heterocycles. The van der Waals surface area contributed by atoms with Gasteiger partial charge in [0, 0.05) is 18.8 Å². The second kappa shape index (κ2) is 7.32. The molecule has 9 nitrogen and oxygen atoms in total. The zero-order valence-electron chi connectivity index (χ0n) is 15.2. The molecular weight excluding hydrogens is 348 g/mol. The highest BCUT2D eigenvalue weighted by Gasteiger charge is 2.17. The number of carbonyl (C=O) groups excluding carboxylic acids is 1. The van der Waals surface area contributed by atoms with E-state index in [0.717, 1.165) is 16.8 Å². The van der Waals surface area contributed by atoms with Crippen LogP contribution in [0.25, 0.3) is 5.65 Å². The third-order valence-electron chi connectivity index (χ3n) is 3.87. The first-order valence-electron chi connectivity index (χ1n) is 8.29. The normalized spacial score (nSPS) is 10.6. The van der Waals surface area contributed by atoms with Gasteiger partial charge in [-0.2, -0.15) is 9.61 Å². The number of amides is 1. The Labute approximate surface area is 155 Å². The maximum absolute atomic E-state index is 12.3. The van der Waals surface area contributed by atoms with Crippen LogP contribution in [0.1, 0.15) is 21.5 Å². The molecule has 140 valence electrons. The van der Waals surface area contributed by atoms with Gasteiger partial charge in [0.1, 0.15) is 23.7 Å². The largest absolute Gasteiger partial charge is 0.480 e. The van der Waals surface area contributed by atoms with Crippen LogP contribution in [-0.4, -0.2) is 45.2 Å². The van der Waals surface area contributed by atoms with E-state index in [1.165, 1.54) is 10.7 Å². The molecule has 0 aliphatic carbocycles. The minimum atomic E-state index is -1.12. The van der Waals surface area contributed by atoms with Gasteiger partial charge in [-0.3, -0.25) is 9.59 Å². The summed E-state index contributed by atoms with van der Waals surface area (Å²) in [5, 5.41) is 21.5. The number of hydrogen-bond donors (Lipinski definition) is 4. The van der Waals surface area contributed by atoms with Crippen molar-refractivity contribution in [3.05, 3.63) is 47.2 Å². The molecule has 0 saturated heterocycles. The lowest BCUT2D eigenvalue weighted by atomic mass is 10.1. The molecule has 0 spiro atoms. The summed E-state index contributed by atoms with van der Waals surface area (Å²) in [5.74, 6) is -0.514. The number of aromatic nitrogens is 3. The van der Waals surface area contributed by atoms with Crippen LogP contribution in [0.4, 0.5) is 17.3 Å². The molecule has 0 saturated carbocycles. The Morgan fingerprint density at radius 1 is 1.15 bits per heavy atom. The maximum Gasteiger partial charge on any atom is 0.322 e. The van der Waals surface area contributed by atoms with Gasteiger partial charge >= 0.3 is 5.97 Å². The van der Waals surface area contributed by atoms with Crippen molar-refractivity contribution in [1.82, 2.24) is 19.9 Å². The lowest BCUT2D eigenvalue weighted by Gasteiger charge is -2.11. The molecule has 1 amide bonds. The van der Waals surface area contributed by atoms with E-state index in [9.17, 15) is 9.59 Å². The standard InChI is InChI=1S/C18H20N6O3/c1-10-4-11(2)6-12(5-10)22-14-7-15(19-3)24-17(23-14)13(8-21-24)18(27)20-9-16(25)26/h4-8,19H,9H2,1-3H3,(H,20,27)(H,22,23)(H,25,26). The van der Waals surface area contributed by atoms with Gasteiger partial charge in [-0.05, 0) is 37.1 Å². The predicted octanol–water partition coefficient (Wildman–Crippen LogP) is 1.95. The third kappa shape index (κ3) is 3.97. The topological polar surface area (TPSA) is 121 Å². The van der Waals surface area contributed by atoms with E-state index < -0.39 is 18.4 Å². The summed E-state index contributed by atoms with van der Waals surface area (Å²) in [6.45, 7) is 3.54. The first-order chi connectivity index (χ1) is 12.9. The number of carboxylic acids is 1. The van der Waals surface area contributed by atoms with Gasteiger partial charge < -0.3 is 21.1 Å². The van der Waals surface area contributed by atoms with Gasteiger partial charge in [-0.1, -0.05) is 6.07 Å². The quantitative estimate of drug-likeness (QED) is 0.525. The second-order valence-corrected chi connectivity index (χ2v) is 6.15. The Morgan fingerprint density at radius 2 is 1.85 bits per heavy atom. The van der Waals surface area contributed by atoms with Crippen molar-refractivity contribution in [2.75, 3.05) is 24.2 Å². The highest BCUT2D eigenvalue weighted by atomic mass is 16.4. The molecule has 0 unspecified atom stereocenters. The van der Waals surface area contributed by atoms with E-state index in [-0.39, 0.29) is 5.56 Å². The third-order valence-corrected chi connectivity index (χ3v) is 3.87. The van der Waals surface area contributed by atoms with Crippen LogP contribution in [0.2, 0.25) is 0 Å². The van der Waals surface area contributed by atoms with E-state index in [1.807, 2.05) is 26.0 Å². The van der Waals surface area contributed by atoms with E-state index >= 15 is 0 Å². The predicted molar refractivity (Wildman–Crippen MR) is 102 cm³/mol. The Morgan fingerprint density at radius 3 is 2.48 bits per heavy atom. The summed E-state index contributed by atoms with van der Waals surface area (Å²) < 4.78 is 1.49. The molecule has 2 heterocycles. The minimum absolute atomic E-state index is 0.192. The maximum atomic E-state index is 12.3. The number of anilines is 3. The van der Waals surface area contributed by atoms with Crippen molar-refractivity contribution in [3.8, 4) is 0 Å². The SMILES string of the molecule is CNc1cc(Nc2cc(C)cc(C)c2)nc2c(C(=O)NCC(=O)O)cnn12. The molecule has 0 aliphatic heterocycles. The smallest absolute Gasteiger partial charge is 0.322 e. The number of rotatable bonds is 6. The van der Waals surface area contributed by atoms with Crippen molar-refractivity contribution in [1.29, 1.82) is 0 Å². The van der Waals surface area contributed by atoms with Crippen LogP contribution in [0.5, 0.6) is 0 Å². The van der Waals surface area contributed by atoms with Crippen LogP contribution in [0, 0.1) is 13.8 Å². The van der Waals surface area contributed by atoms with Crippen molar-refractivity contribution in [3.63, 3.8) is 0 Å². The molecule has 0 fully saturated rings. The average molecular weight is 368 g/mol. The molecule has 9 heteroatoms. The fourth-order valence-corrected chi connectivity index (χ4v) is 2.81. The van der Waals surface area contributed by atoms with Crippen LogP contribution < -0.4 is 16.0 Å². The van der Waals surface area contributed by atoms with Crippen LogP contribution >= 0.6 is 0 Å². The molecule has 1 aromatic carbocycles. The van der Waals surface area contributed by atoms with Crippen LogP contribution in [-0.2, 0) is 4.79 Å². The number of fused-ring (bicyclic) bond motifs is 1. The highest BCUT2D eigenvalue weighted by Crippen LogP contribution is 2.23. The Bertz CT molecular complexity index is 1010. The summed E-state index contributed by atoms with van der Waals surface area (Å²) in [4.78, 5) is 27.4. The number of aryl methyl sites for hydroxylation is 2. The Kier molecular flexibility index (Phi) is 4.93. The van der Waals surface area contributed by atoms with Gasteiger partial charge in [-0.15, -0.1) is 0 Å². The zero-order chi connectivity index (χ0) is 19.6. The second-order valence-electron chi connectivity index (χ2n) is 6.15. The van der Waals surface area contributed by atoms with Gasteiger partial charge in [0.15, 0.2) is 5.65 Å². The van der Waals surface area contributed by atoms with Crippen LogP contribution in [0.15, 0.2) is 30.5 Å². The molecule has 0 aliphatic rings. The van der Waals surface area contributed by atoms with Crippen molar-refractivity contribution in [2.45, 2.75) is 13.8 Å². The van der Waals surface area contributed by atoms with Crippen LogP contribution in [0.3, 0.4) is 0 Å². The number of carboxylic acid groups (broad SMARTS) is 1. The number of aliphatic carboxylic acids is 1. The molecule has 0 atom stereocenters. The molecule has 0 bridgehead atoms. The molecular formula is C18H20N6O3. The van der Waals surface area contributed by atoms with E-state index in [1.54, 1.807) is 13.1 Å². The lowest BCUT2D eigenvalue weighted by Crippen LogP contribution is -2.29. The summed E-state index contributed by atoms with van der Waals surface area (Å²) in [7, 11) is 1.74. The average Bonchev–Trinajstić information content (AvgIpc) is 3.02. The number of benzene rings is 1. The number of nitrogens with zero attached hydrogens (tertiary/aromatic N) is 3. The van der Waals surface area contributed by atoms with E-state index in [4.69, 9.17) is 5.11 Å². The van der Waals surface area contributed by atoms with Gasteiger partial charge in [0.25, 0.3) is 5.91 Å². The monoisotopic (exact) mass is 368 g/mol. The van der Waals surface area contributed by atoms with Crippen molar-refractivity contribution in [2.24, 2.45) is 0 Å². The van der Waals surface area contributed by atoms with Crippen molar-refractivity contribution >= 4 is 34.8 Å². The molecule has 0 radical (unpaired) electrons. The fraction of sp³-hybridized carbons (Fsp3) is 0.222. The summed E-state index contributed by atoms with van der Waals surface area (Å²) in [6, 6.07) is 7.84. The number of hydrogen-bond acceptors (Lipinski definition) is 6. The fourth-order valence-electron chi connectivity index (χ4n) is 2.81. The highest BCUT2D eigenvalue weighted by molar-refractivity contribution is 6.01. The van der Waals surface area contributed by atoms with Gasteiger partial charge in [-0.25, -0.2) is 4.98 Å². The lowest BCUT2D eigenvalue weighted by molar-refractivity contribution is -0.135. The molecule has 3 aromatic rings. The van der Waals surface area contributed by atoms with E-state index in [2.05, 4.69) is 32.1 Å². The number of carbonyl (C=O) groups is 2. The first kappa shape index (κ1) is 18.2. The Balaban J connectivity index is 2.00. The first-order valence-corrected chi connectivity index (χ1v) is 8.29. The summed E-state index contributed by atoms with van der Waals surface area (Å²) >= 11 is 0. The minimum Gasteiger partial charge on any atom is -0.480 e. The summed E-state index contributed by atoms with van der Waals surface area (Å²) in [6.07, 6.45) is 1.36. The van der Waals surface area contributed by atoms with Crippen molar-refractivity contribution < 1.29 is 14.7 Å². The zero-order valence-corrected chi connectivity index (χ0v) is 15.2. The molecule has 27 heavy (non-hydrogen) atoms. The van der Waals surface area contributed by atoms with Gasteiger partial charge in [0.2, 0.25) is 0 Å². The Hall–Kier alpha value is -3.62. The van der Waals surface area contributed by atoms with E-state index in [0.29, 0.717) is 17.3 Å². The molecule has 4 N–H and O–H groups in total. The molecule has 3 rings (SSSR count). The number of nitrogens with one attached hydrogen (secondary N) is 3. The van der Waals surface area contributed by atoms with Gasteiger partial charge in [0.05, 0.1) is 6.20 Å².